The van der Waals surface area contributed by atoms with Crippen molar-refractivity contribution in [2.75, 3.05) is 5.75 Å². The molecule has 0 bridgehead atoms. The maximum atomic E-state index is 13.2. The highest BCUT2D eigenvalue weighted by Gasteiger charge is 2.15. The number of aryl methyl sites for hydroxylation is 1. The van der Waals surface area contributed by atoms with E-state index in [4.69, 9.17) is 0 Å². The van der Waals surface area contributed by atoms with E-state index in [1.54, 1.807) is 42.6 Å². The monoisotopic (exact) mass is 434 g/mol. The minimum absolute atomic E-state index is 0.0673. The lowest BCUT2D eigenvalue weighted by Gasteiger charge is -2.13. The molecule has 0 aliphatic carbocycles. The van der Waals surface area contributed by atoms with Crippen LogP contribution in [0.3, 0.4) is 0 Å². The first-order valence-corrected chi connectivity index (χ1v) is 10.6. The van der Waals surface area contributed by atoms with Gasteiger partial charge in [-0.15, -0.1) is 0 Å². The number of nitrogens with one attached hydrogen (secondary N) is 1. The molecule has 0 saturated heterocycles. The predicted octanol–water partition coefficient (Wildman–Crippen LogP) is 3.64. The Balaban J connectivity index is 1.59. The Morgan fingerprint density at radius 2 is 1.90 bits per heavy atom. The molecule has 2 aromatic heterocycles. The van der Waals surface area contributed by atoms with Gasteiger partial charge in [-0.05, 0) is 54.4 Å². The molecule has 0 fully saturated rings. The standard InChI is InChI=1S/C23H19FN4O2S/c1-15-10-11-25-20(12-15)28-22(30)18-4-2-3-5-19(18)27-23(28)31-14-21(29)26-13-16-6-8-17(24)9-7-16/h2-12H,13-14H2,1H3,(H,26,29). The summed E-state index contributed by atoms with van der Waals surface area (Å²) in [4.78, 5) is 34.5. The number of halogens is 1. The van der Waals surface area contributed by atoms with Crippen molar-refractivity contribution >= 4 is 28.6 Å². The normalized spacial score (nSPS) is 10.9. The van der Waals surface area contributed by atoms with Gasteiger partial charge in [0, 0.05) is 12.7 Å². The summed E-state index contributed by atoms with van der Waals surface area (Å²) in [5, 5.41) is 3.67. The second-order valence-corrected chi connectivity index (χ2v) is 7.88. The van der Waals surface area contributed by atoms with Crippen molar-refractivity contribution in [1.29, 1.82) is 0 Å². The predicted molar refractivity (Wildman–Crippen MR) is 119 cm³/mol. The summed E-state index contributed by atoms with van der Waals surface area (Å²) in [7, 11) is 0. The molecule has 8 heteroatoms. The van der Waals surface area contributed by atoms with E-state index >= 15 is 0 Å². The lowest BCUT2D eigenvalue weighted by atomic mass is 10.2. The minimum atomic E-state index is -0.323. The number of hydrogen-bond donors (Lipinski definition) is 1. The largest absolute Gasteiger partial charge is 0.351 e. The molecule has 2 aromatic carbocycles. The summed E-state index contributed by atoms with van der Waals surface area (Å²) in [6, 6.07) is 16.7. The zero-order valence-electron chi connectivity index (χ0n) is 16.7. The van der Waals surface area contributed by atoms with Crippen molar-refractivity contribution in [2.24, 2.45) is 0 Å². The number of fused-ring (bicyclic) bond motifs is 1. The average Bonchev–Trinajstić information content (AvgIpc) is 2.77. The van der Waals surface area contributed by atoms with Crippen LogP contribution in [0, 0.1) is 12.7 Å². The Morgan fingerprint density at radius 1 is 1.13 bits per heavy atom. The van der Waals surface area contributed by atoms with Crippen molar-refractivity contribution in [3.8, 4) is 5.82 Å². The molecule has 4 rings (SSSR count). The molecule has 6 nitrogen and oxygen atoms in total. The third-order valence-corrected chi connectivity index (χ3v) is 5.55. The maximum Gasteiger partial charge on any atom is 0.267 e. The fourth-order valence-electron chi connectivity index (χ4n) is 3.04. The van der Waals surface area contributed by atoms with E-state index in [1.807, 2.05) is 19.1 Å². The van der Waals surface area contributed by atoms with Gasteiger partial charge in [-0.3, -0.25) is 9.59 Å². The van der Waals surface area contributed by atoms with Crippen LogP contribution in [0.25, 0.3) is 16.7 Å². The highest BCUT2D eigenvalue weighted by atomic mass is 32.2. The lowest BCUT2D eigenvalue weighted by Crippen LogP contribution is -2.26. The van der Waals surface area contributed by atoms with Crippen LogP contribution >= 0.6 is 11.8 Å². The van der Waals surface area contributed by atoms with E-state index in [0.717, 1.165) is 22.9 Å². The Hall–Kier alpha value is -3.52. The van der Waals surface area contributed by atoms with Crippen LogP contribution < -0.4 is 10.9 Å². The van der Waals surface area contributed by atoms with Crippen LogP contribution in [0.15, 0.2) is 76.8 Å². The highest BCUT2D eigenvalue weighted by Crippen LogP contribution is 2.20. The summed E-state index contributed by atoms with van der Waals surface area (Å²) in [6.07, 6.45) is 1.64. The molecule has 0 aliphatic heterocycles. The molecule has 1 N–H and O–H groups in total. The maximum absolute atomic E-state index is 13.2. The summed E-state index contributed by atoms with van der Waals surface area (Å²) < 4.78 is 14.4. The molecular formula is C23H19FN4O2S. The number of benzene rings is 2. The smallest absolute Gasteiger partial charge is 0.267 e. The quantitative estimate of drug-likeness (QED) is 0.370. The summed E-state index contributed by atoms with van der Waals surface area (Å²) in [5.74, 6) is -0.0219. The third-order valence-electron chi connectivity index (χ3n) is 4.61. The SMILES string of the molecule is Cc1ccnc(-n2c(SCC(=O)NCc3ccc(F)cc3)nc3ccccc3c2=O)c1. The number of para-hydroxylation sites is 1. The van der Waals surface area contributed by atoms with Crippen molar-refractivity contribution < 1.29 is 9.18 Å². The van der Waals surface area contributed by atoms with Crippen LogP contribution in [-0.4, -0.2) is 26.2 Å². The van der Waals surface area contributed by atoms with E-state index in [1.165, 1.54) is 16.7 Å². The number of hydrogen-bond acceptors (Lipinski definition) is 5. The fraction of sp³-hybridized carbons (Fsp3) is 0.130. The Bertz CT molecular complexity index is 1310. The van der Waals surface area contributed by atoms with Gasteiger partial charge in [-0.1, -0.05) is 36.0 Å². The first kappa shape index (κ1) is 20.7. The number of amides is 1. The van der Waals surface area contributed by atoms with Crippen LogP contribution in [0.5, 0.6) is 0 Å². The van der Waals surface area contributed by atoms with E-state index in [9.17, 15) is 14.0 Å². The Morgan fingerprint density at radius 3 is 2.68 bits per heavy atom. The molecule has 0 unspecified atom stereocenters. The van der Waals surface area contributed by atoms with Crippen molar-refractivity contribution in [1.82, 2.24) is 19.9 Å². The molecule has 4 aromatic rings. The molecule has 2 heterocycles. The Labute approximate surface area is 182 Å². The van der Waals surface area contributed by atoms with Crippen molar-refractivity contribution in [3.05, 3.63) is 94.2 Å². The van der Waals surface area contributed by atoms with E-state index in [-0.39, 0.29) is 29.6 Å². The number of rotatable bonds is 6. The highest BCUT2D eigenvalue weighted by molar-refractivity contribution is 7.99. The van der Waals surface area contributed by atoms with E-state index in [2.05, 4.69) is 15.3 Å². The number of carbonyl (C=O) groups excluding carboxylic acids is 1. The minimum Gasteiger partial charge on any atom is -0.351 e. The number of aromatic nitrogens is 3. The van der Waals surface area contributed by atoms with Gasteiger partial charge < -0.3 is 5.32 Å². The molecule has 0 spiro atoms. The average molecular weight is 434 g/mol. The van der Waals surface area contributed by atoms with Gasteiger partial charge in [-0.25, -0.2) is 18.9 Å². The van der Waals surface area contributed by atoms with Gasteiger partial charge >= 0.3 is 0 Å². The zero-order valence-corrected chi connectivity index (χ0v) is 17.5. The van der Waals surface area contributed by atoms with Crippen molar-refractivity contribution in [3.63, 3.8) is 0 Å². The molecule has 156 valence electrons. The second-order valence-electron chi connectivity index (χ2n) is 6.94. The first-order valence-electron chi connectivity index (χ1n) is 9.60. The molecule has 1 amide bonds. The topological polar surface area (TPSA) is 76.9 Å². The molecule has 0 aliphatic rings. The Kier molecular flexibility index (Phi) is 6.08. The second kappa shape index (κ2) is 9.09. The van der Waals surface area contributed by atoms with Crippen LogP contribution in [0.1, 0.15) is 11.1 Å². The van der Waals surface area contributed by atoms with E-state index < -0.39 is 0 Å². The van der Waals surface area contributed by atoms with Crippen molar-refractivity contribution in [2.45, 2.75) is 18.6 Å². The fourth-order valence-corrected chi connectivity index (χ4v) is 3.87. The van der Waals surface area contributed by atoms with Gasteiger partial charge in [0.15, 0.2) is 5.16 Å². The van der Waals surface area contributed by atoms with Gasteiger partial charge in [0.2, 0.25) is 5.91 Å². The van der Waals surface area contributed by atoms with Gasteiger partial charge in [-0.2, -0.15) is 0 Å². The van der Waals surface area contributed by atoms with Gasteiger partial charge in [0.25, 0.3) is 5.56 Å². The third kappa shape index (κ3) is 4.80. The van der Waals surface area contributed by atoms with Crippen LogP contribution in [0.2, 0.25) is 0 Å². The summed E-state index contributed by atoms with van der Waals surface area (Å²) in [5.41, 5.74) is 2.08. The summed E-state index contributed by atoms with van der Waals surface area (Å²) in [6.45, 7) is 2.21. The number of nitrogens with zero attached hydrogens (tertiary/aromatic N) is 3. The number of thioether (sulfide) groups is 1. The number of carbonyl (C=O) groups is 1. The molecule has 0 saturated carbocycles. The number of pyridine rings is 1. The van der Waals surface area contributed by atoms with Crippen LogP contribution in [-0.2, 0) is 11.3 Å². The van der Waals surface area contributed by atoms with Gasteiger partial charge in [0.05, 0.1) is 16.7 Å². The first-order chi connectivity index (χ1) is 15.0. The van der Waals surface area contributed by atoms with Crippen LogP contribution in [0.4, 0.5) is 4.39 Å². The summed E-state index contributed by atoms with van der Waals surface area (Å²) >= 11 is 1.16. The molecular weight excluding hydrogens is 415 g/mol. The molecule has 31 heavy (non-hydrogen) atoms. The molecule has 0 radical (unpaired) electrons. The van der Waals surface area contributed by atoms with E-state index in [0.29, 0.717) is 21.9 Å². The lowest BCUT2D eigenvalue weighted by molar-refractivity contribution is -0.118. The molecule has 0 atom stereocenters. The zero-order chi connectivity index (χ0) is 21.8. The van der Waals surface area contributed by atoms with Gasteiger partial charge in [0.1, 0.15) is 11.6 Å².